The first kappa shape index (κ1) is 30.6. The minimum atomic E-state index is 0.592. The van der Waals surface area contributed by atoms with Gasteiger partial charge in [0, 0.05) is 32.8 Å². The molecule has 8 aromatic carbocycles. The van der Waals surface area contributed by atoms with Crippen LogP contribution in [0.1, 0.15) is 0 Å². The van der Waals surface area contributed by atoms with Gasteiger partial charge < -0.3 is 4.42 Å². The molecule has 53 heavy (non-hydrogen) atoms. The molecule has 0 N–H and O–H groups in total. The van der Waals surface area contributed by atoms with Crippen LogP contribution in [0, 0.1) is 0 Å². The van der Waals surface area contributed by atoms with Gasteiger partial charge in [-0.2, -0.15) is 0 Å². The fourth-order valence-electron chi connectivity index (χ4n) is 7.24. The summed E-state index contributed by atoms with van der Waals surface area (Å²) in [7, 11) is 0. The van der Waals surface area contributed by atoms with Crippen LogP contribution in [0.4, 0.5) is 0 Å². The van der Waals surface area contributed by atoms with Crippen molar-refractivity contribution in [2.75, 3.05) is 0 Å². The smallest absolute Gasteiger partial charge is 0.164 e. The van der Waals surface area contributed by atoms with E-state index >= 15 is 0 Å². The topological polar surface area (TPSA) is 51.8 Å². The minimum absolute atomic E-state index is 0.592. The second-order valence-electron chi connectivity index (χ2n) is 13.2. The number of hydrogen-bond donors (Lipinski definition) is 0. The minimum Gasteiger partial charge on any atom is -0.455 e. The van der Waals surface area contributed by atoms with Crippen molar-refractivity contribution in [3.63, 3.8) is 0 Å². The Bertz CT molecular complexity index is 2800. The SMILES string of the molecule is c1ccc(-c2ccc(-c3nc(-c4ccc(-c5ccccc5)cc4)nc(-c4cc5ccccc5c5oc6cc(-c7ccccc7)ccc6c45)n3)cc2)cc1. The first-order chi connectivity index (χ1) is 26.2. The lowest BCUT2D eigenvalue weighted by Gasteiger charge is -2.11. The molecular weight excluding hydrogens is 647 g/mol. The molecule has 0 aliphatic rings. The summed E-state index contributed by atoms with van der Waals surface area (Å²) in [5.74, 6) is 1.81. The lowest BCUT2D eigenvalue weighted by molar-refractivity contribution is 0.673. The van der Waals surface area contributed by atoms with Crippen LogP contribution in [0.25, 0.3) is 100 Å². The van der Waals surface area contributed by atoms with Crippen molar-refractivity contribution in [3.8, 4) is 67.5 Å². The maximum atomic E-state index is 6.76. The van der Waals surface area contributed by atoms with E-state index in [0.717, 1.165) is 82.8 Å². The Balaban J connectivity index is 1.18. The predicted octanol–water partition coefficient (Wildman–Crippen LogP) is 12.9. The molecule has 0 saturated heterocycles. The lowest BCUT2D eigenvalue weighted by atomic mass is 9.98. The summed E-state index contributed by atoms with van der Waals surface area (Å²) in [5, 5.41) is 4.11. The van der Waals surface area contributed by atoms with E-state index in [1.54, 1.807) is 0 Å². The Morgan fingerprint density at radius 2 is 0.755 bits per heavy atom. The van der Waals surface area contributed by atoms with Crippen molar-refractivity contribution in [1.82, 2.24) is 15.0 Å². The van der Waals surface area contributed by atoms with E-state index in [9.17, 15) is 0 Å². The maximum absolute atomic E-state index is 6.76. The molecule has 4 nitrogen and oxygen atoms in total. The van der Waals surface area contributed by atoms with Crippen LogP contribution in [0.2, 0.25) is 0 Å². The van der Waals surface area contributed by atoms with Crippen LogP contribution in [0.15, 0.2) is 192 Å². The second kappa shape index (κ2) is 12.9. The highest BCUT2D eigenvalue weighted by molar-refractivity contribution is 6.21. The molecule has 0 unspecified atom stereocenters. The zero-order valence-corrected chi connectivity index (χ0v) is 28.6. The highest BCUT2D eigenvalue weighted by Crippen LogP contribution is 2.42. The number of hydrogen-bond acceptors (Lipinski definition) is 4. The zero-order valence-electron chi connectivity index (χ0n) is 28.6. The molecule has 2 aromatic heterocycles. The number of fused-ring (bicyclic) bond motifs is 5. The Labute approximate surface area is 306 Å². The monoisotopic (exact) mass is 677 g/mol. The van der Waals surface area contributed by atoms with Crippen LogP contribution in [-0.2, 0) is 0 Å². The van der Waals surface area contributed by atoms with E-state index in [-0.39, 0.29) is 0 Å². The lowest BCUT2D eigenvalue weighted by Crippen LogP contribution is -2.00. The molecule has 10 aromatic rings. The van der Waals surface area contributed by atoms with Crippen molar-refractivity contribution in [2.24, 2.45) is 0 Å². The highest BCUT2D eigenvalue weighted by Gasteiger charge is 2.21. The third-order valence-corrected chi connectivity index (χ3v) is 9.95. The normalized spacial score (nSPS) is 11.4. The summed E-state index contributed by atoms with van der Waals surface area (Å²) in [6.07, 6.45) is 0. The second-order valence-corrected chi connectivity index (χ2v) is 13.2. The Hall–Kier alpha value is -7.17. The van der Waals surface area contributed by atoms with Gasteiger partial charge in [0.1, 0.15) is 11.2 Å². The van der Waals surface area contributed by atoms with E-state index < -0.39 is 0 Å². The predicted molar refractivity (Wildman–Crippen MR) is 217 cm³/mol. The molecule has 0 atom stereocenters. The standard InChI is InChI=1S/C49H31N3O/c1-4-12-32(13-5-1)35-20-24-37(25-21-35)47-50-48(38-26-22-36(23-27-38)33-14-6-2-7-15-33)52-49(51-47)43-30-40-18-10-11-19-41(40)46-45(43)42-29-28-39(31-44(42)53-46)34-16-8-3-9-17-34/h1-31H. The van der Waals surface area contributed by atoms with E-state index in [1.165, 1.54) is 0 Å². The largest absolute Gasteiger partial charge is 0.455 e. The number of nitrogens with zero attached hydrogens (tertiary/aromatic N) is 3. The van der Waals surface area contributed by atoms with Gasteiger partial charge >= 0.3 is 0 Å². The molecule has 0 fully saturated rings. The van der Waals surface area contributed by atoms with Crippen LogP contribution in [0.3, 0.4) is 0 Å². The molecule has 0 radical (unpaired) electrons. The fraction of sp³-hybridized carbons (Fsp3) is 0. The van der Waals surface area contributed by atoms with Gasteiger partial charge in [-0.15, -0.1) is 0 Å². The molecule has 0 aliphatic heterocycles. The average Bonchev–Trinajstić information content (AvgIpc) is 3.64. The van der Waals surface area contributed by atoms with Gasteiger partial charge in [0.25, 0.3) is 0 Å². The summed E-state index contributed by atoms with van der Waals surface area (Å²) >= 11 is 0. The van der Waals surface area contributed by atoms with Gasteiger partial charge in [-0.25, -0.2) is 15.0 Å². The number of aromatic nitrogens is 3. The van der Waals surface area contributed by atoms with Gasteiger partial charge in [0.05, 0.1) is 0 Å². The maximum Gasteiger partial charge on any atom is 0.164 e. The van der Waals surface area contributed by atoms with Crippen LogP contribution in [0.5, 0.6) is 0 Å². The van der Waals surface area contributed by atoms with Crippen molar-refractivity contribution in [3.05, 3.63) is 188 Å². The van der Waals surface area contributed by atoms with E-state index in [1.807, 2.05) is 18.2 Å². The van der Waals surface area contributed by atoms with Gasteiger partial charge in [-0.3, -0.25) is 0 Å². The first-order valence-electron chi connectivity index (χ1n) is 17.8. The summed E-state index contributed by atoms with van der Waals surface area (Å²) in [6.45, 7) is 0. The fourth-order valence-corrected chi connectivity index (χ4v) is 7.24. The molecule has 0 bridgehead atoms. The third-order valence-electron chi connectivity index (χ3n) is 9.95. The van der Waals surface area contributed by atoms with Gasteiger partial charge in [-0.05, 0) is 57.0 Å². The Kier molecular flexibility index (Phi) is 7.43. The van der Waals surface area contributed by atoms with Crippen molar-refractivity contribution < 1.29 is 4.42 Å². The van der Waals surface area contributed by atoms with E-state index in [2.05, 4.69) is 170 Å². The van der Waals surface area contributed by atoms with Crippen LogP contribution in [-0.4, -0.2) is 15.0 Å². The third kappa shape index (κ3) is 5.63. The molecule has 4 heteroatoms. The molecule has 2 heterocycles. The summed E-state index contributed by atoms with van der Waals surface area (Å²) in [4.78, 5) is 15.5. The Morgan fingerprint density at radius 3 is 1.32 bits per heavy atom. The van der Waals surface area contributed by atoms with E-state index in [4.69, 9.17) is 19.4 Å². The number of rotatable bonds is 6. The van der Waals surface area contributed by atoms with Crippen molar-refractivity contribution in [2.45, 2.75) is 0 Å². The first-order valence-corrected chi connectivity index (χ1v) is 17.8. The summed E-state index contributed by atoms with van der Waals surface area (Å²) in [5.41, 5.74) is 11.2. The molecular formula is C49H31N3O. The molecule has 0 aliphatic carbocycles. The zero-order chi connectivity index (χ0) is 35.1. The van der Waals surface area contributed by atoms with E-state index in [0.29, 0.717) is 17.5 Å². The summed E-state index contributed by atoms with van der Waals surface area (Å²) < 4.78 is 6.76. The quantitative estimate of drug-likeness (QED) is 0.176. The number of furan rings is 1. The summed E-state index contributed by atoms with van der Waals surface area (Å²) in [6, 6.07) is 65.1. The molecule has 0 amide bonds. The molecule has 10 rings (SSSR count). The van der Waals surface area contributed by atoms with Gasteiger partial charge in [0.15, 0.2) is 17.5 Å². The van der Waals surface area contributed by atoms with Crippen LogP contribution >= 0.6 is 0 Å². The molecule has 0 spiro atoms. The van der Waals surface area contributed by atoms with Crippen molar-refractivity contribution in [1.29, 1.82) is 0 Å². The van der Waals surface area contributed by atoms with Gasteiger partial charge in [-0.1, -0.05) is 170 Å². The van der Waals surface area contributed by atoms with Crippen LogP contribution < -0.4 is 0 Å². The average molecular weight is 678 g/mol. The Morgan fingerprint density at radius 1 is 0.321 bits per heavy atom. The molecule has 248 valence electrons. The van der Waals surface area contributed by atoms with Crippen molar-refractivity contribution >= 4 is 32.7 Å². The molecule has 0 saturated carbocycles. The highest BCUT2D eigenvalue weighted by atomic mass is 16.3. The number of benzene rings is 8. The van der Waals surface area contributed by atoms with Gasteiger partial charge in [0.2, 0.25) is 0 Å².